The molecule has 0 rings (SSSR count). The molecule has 0 radical (unpaired) electrons. The highest BCUT2D eigenvalue weighted by Gasteiger charge is 1.96. The minimum Gasteiger partial charge on any atom is -0.550 e. The molecule has 0 aromatic heterocycles. The van der Waals surface area contributed by atoms with Gasteiger partial charge in [0.1, 0.15) is 0 Å². The summed E-state index contributed by atoms with van der Waals surface area (Å²) in [5, 5.41) is 9.95. The van der Waals surface area contributed by atoms with Gasteiger partial charge in [-0.1, -0.05) is 7.43 Å². The zero-order valence-corrected chi connectivity index (χ0v) is 11.7. The lowest BCUT2D eigenvalue weighted by atomic mass is 10.3. The quantitative estimate of drug-likeness (QED) is 0.664. The number of carboxylic acid groups (broad SMARTS) is 1. The summed E-state index contributed by atoms with van der Waals surface area (Å²) in [6.45, 7) is 4.05. The van der Waals surface area contributed by atoms with Crippen LogP contribution in [0.5, 0.6) is 0 Å². The van der Waals surface area contributed by atoms with Crippen LogP contribution in [0.1, 0.15) is 27.2 Å². The lowest BCUT2D eigenvalue weighted by Gasteiger charge is -2.10. The summed E-state index contributed by atoms with van der Waals surface area (Å²) >= 11 is 4.24. The molecule has 3 nitrogen and oxygen atoms in total. The van der Waals surface area contributed by atoms with E-state index >= 15 is 0 Å². The first-order valence-corrected chi connectivity index (χ1v) is 10.1. The number of hydrogen-bond acceptors (Lipinski definition) is 2. The Bertz CT molecular complexity index is 112. The zero-order valence-electron chi connectivity index (χ0n) is 7.40. The first kappa shape index (κ1) is 19.5. The van der Waals surface area contributed by atoms with Crippen LogP contribution in [0.25, 0.3) is 0 Å². The van der Waals surface area contributed by atoms with Gasteiger partial charge in [-0.15, -0.1) is 0 Å². The normalized spacial score (nSPS) is 10.5. The Labute approximate surface area is 105 Å². The Morgan fingerprint density at radius 3 is 2.23 bits per heavy atom. The molecule has 0 saturated carbocycles. The Kier molecular flexibility index (Phi) is 23.0. The Morgan fingerprint density at radius 1 is 1.46 bits per heavy atom. The van der Waals surface area contributed by atoms with Crippen molar-refractivity contribution < 1.29 is 14.8 Å². The minimum absolute atomic E-state index is 0. The van der Waals surface area contributed by atoms with E-state index in [0.717, 1.165) is 19.5 Å². The van der Waals surface area contributed by atoms with Crippen molar-refractivity contribution in [3.8, 4) is 0 Å². The average Bonchev–Trinajstić information content (AvgIpc) is 2.07. The maximum Gasteiger partial charge on any atom is 0.0772 e. The summed E-state index contributed by atoms with van der Waals surface area (Å²) in [4.78, 5) is 11.3. The SMILES string of the molecule is C.CC[NH+](C)CCCC(=O)[O-].II. The van der Waals surface area contributed by atoms with Gasteiger partial charge in [-0.05, 0) is 13.3 Å². The maximum atomic E-state index is 9.95. The van der Waals surface area contributed by atoms with Gasteiger partial charge in [0.15, 0.2) is 0 Å². The van der Waals surface area contributed by atoms with Crippen LogP contribution in [0.4, 0.5) is 0 Å². The van der Waals surface area contributed by atoms with Crippen molar-refractivity contribution in [2.45, 2.75) is 27.2 Å². The van der Waals surface area contributed by atoms with E-state index in [2.05, 4.69) is 51.2 Å². The molecule has 1 N–H and O–H groups in total. The molecule has 0 spiro atoms. The second kappa shape index (κ2) is 15.4. The molecule has 1 unspecified atom stereocenters. The zero-order chi connectivity index (χ0) is 9.98. The number of rotatable bonds is 5. The van der Waals surface area contributed by atoms with Gasteiger partial charge >= 0.3 is 0 Å². The highest BCUT2D eigenvalue weighted by Crippen LogP contribution is 1.89. The number of carboxylic acids is 1. The van der Waals surface area contributed by atoms with E-state index in [4.69, 9.17) is 0 Å². The van der Waals surface area contributed by atoms with Crippen molar-refractivity contribution in [2.75, 3.05) is 20.1 Å². The lowest BCUT2D eigenvalue weighted by Crippen LogP contribution is -3.08. The fourth-order valence-corrected chi connectivity index (χ4v) is 0.711. The fourth-order valence-electron chi connectivity index (χ4n) is 0.711. The Hall–Kier alpha value is 0.890. The third kappa shape index (κ3) is 19.3. The molecular formula is C8H19I2NO2. The number of hydrogen-bond donors (Lipinski definition) is 1. The maximum absolute atomic E-state index is 9.95. The molecule has 0 aliphatic carbocycles. The van der Waals surface area contributed by atoms with E-state index in [1.54, 1.807) is 0 Å². The van der Waals surface area contributed by atoms with Crippen molar-refractivity contribution in [1.29, 1.82) is 0 Å². The van der Waals surface area contributed by atoms with E-state index in [0.29, 0.717) is 0 Å². The first-order chi connectivity index (χ1) is 5.66. The van der Waals surface area contributed by atoms with Gasteiger partial charge in [-0.2, -0.15) is 0 Å². The van der Waals surface area contributed by atoms with Gasteiger partial charge in [0.25, 0.3) is 0 Å². The Morgan fingerprint density at radius 2 is 1.92 bits per heavy atom. The largest absolute Gasteiger partial charge is 0.550 e. The predicted molar refractivity (Wildman–Crippen MR) is 71.3 cm³/mol. The minimum atomic E-state index is -0.941. The molecule has 0 heterocycles. The van der Waals surface area contributed by atoms with E-state index < -0.39 is 5.97 Å². The molecular weight excluding hydrogens is 396 g/mol. The third-order valence-corrected chi connectivity index (χ3v) is 1.59. The van der Waals surface area contributed by atoms with Gasteiger partial charge in [0.05, 0.1) is 20.1 Å². The number of carbonyl (C=O) groups excluding carboxylic acids is 1. The molecule has 1 atom stereocenters. The van der Waals surface area contributed by atoms with Crippen LogP contribution in [-0.4, -0.2) is 26.1 Å². The predicted octanol–water partition coefficient (Wildman–Crippen LogP) is 0.459. The monoisotopic (exact) mass is 415 g/mol. The summed E-state index contributed by atoms with van der Waals surface area (Å²) in [6.07, 6.45) is 0.916. The summed E-state index contributed by atoms with van der Waals surface area (Å²) in [5.74, 6) is -0.941. The molecule has 0 aromatic rings. The second-order valence-corrected chi connectivity index (χ2v) is 2.54. The van der Waals surface area contributed by atoms with Gasteiger partial charge in [-0.25, -0.2) is 0 Å². The van der Waals surface area contributed by atoms with E-state index in [9.17, 15) is 9.90 Å². The van der Waals surface area contributed by atoms with E-state index in [-0.39, 0.29) is 13.8 Å². The van der Waals surface area contributed by atoms with Crippen LogP contribution < -0.4 is 10.0 Å². The molecule has 82 valence electrons. The lowest BCUT2D eigenvalue weighted by molar-refractivity contribution is -0.877. The molecule has 0 fully saturated rings. The molecule has 0 aliphatic rings. The van der Waals surface area contributed by atoms with Crippen molar-refractivity contribution in [3.05, 3.63) is 0 Å². The summed E-state index contributed by atoms with van der Waals surface area (Å²) in [6, 6.07) is 0. The summed E-state index contributed by atoms with van der Waals surface area (Å²) < 4.78 is 0. The number of quaternary nitrogens is 1. The van der Waals surface area contributed by atoms with Gasteiger partial charge in [0.2, 0.25) is 0 Å². The van der Waals surface area contributed by atoms with Gasteiger partial charge in [0, 0.05) is 49.6 Å². The summed E-state index contributed by atoms with van der Waals surface area (Å²) in [5.41, 5.74) is 0. The average molecular weight is 415 g/mol. The van der Waals surface area contributed by atoms with Crippen LogP contribution in [-0.2, 0) is 4.79 Å². The fraction of sp³-hybridized carbons (Fsp3) is 0.875. The Balaban J connectivity index is -0.000000309. The smallest absolute Gasteiger partial charge is 0.0772 e. The van der Waals surface area contributed by atoms with Crippen LogP contribution >= 0.6 is 37.2 Å². The van der Waals surface area contributed by atoms with Crippen LogP contribution in [0.15, 0.2) is 0 Å². The van der Waals surface area contributed by atoms with Gasteiger partial charge < -0.3 is 14.8 Å². The van der Waals surface area contributed by atoms with Crippen LogP contribution in [0.2, 0.25) is 0 Å². The van der Waals surface area contributed by atoms with E-state index in [1.165, 1.54) is 4.90 Å². The molecule has 13 heavy (non-hydrogen) atoms. The van der Waals surface area contributed by atoms with Crippen LogP contribution in [0.3, 0.4) is 0 Å². The third-order valence-electron chi connectivity index (χ3n) is 1.59. The topological polar surface area (TPSA) is 44.6 Å². The number of halogens is 2. The van der Waals surface area contributed by atoms with E-state index in [1.807, 2.05) is 0 Å². The molecule has 5 heteroatoms. The number of carbonyl (C=O) groups is 1. The standard InChI is InChI=1S/C7H15NO2.CH4.I2/c1-3-8(2)6-4-5-7(9)10;;1-2/h3-6H2,1-2H3,(H,9,10);1H4;. The van der Waals surface area contributed by atoms with Gasteiger partial charge in [-0.3, -0.25) is 0 Å². The number of nitrogens with one attached hydrogen (secondary N) is 1. The molecule has 0 aromatic carbocycles. The highest BCUT2D eigenvalue weighted by atomic mass is 128. The second-order valence-electron chi connectivity index (χ2n) is 2.54. The molecule has 0 aliphatic heterocycles. The van der Waals surface area contributed by atoms with Crippen molar-refractivity contribution in [3.63, 3.8) is 0 Å². The molecule has 0 bridgehead atoms. The number of aliphatic carboxylic acids is 1. The molecule has 0 amide bonds. The van der Waals surface area contributed by atoms with Crippen molar-refractivity contribution >= 4 is 43.2 Å². The van der Waals surface area contributed by atoms with Crippen molar-refractivity contribution in [2.24, 2.45) is 0 Å². The van der Waals surface area contributed by atoms with Crippen molar-refractivity contribution in [1.82, 2.24) is 0 Å². The summed E-state index contributed by atoms with van der Waals surface area (Å²) in [7, 11) is 2.05. The molecule has 0 saturated heterocycles. The van der Waals surface area contributed by atoms with Crippen LogP contribution in [0, 0.1) is 0 Å². The first-order valence-electron chi connectivity index (χ1n) is 3.82. The highest BCUT2D eigenvalue weighted by molar-refractivity contribution is 15.0.